The molecule has 0 bridgehead atoms. The SMILES string of the molecule is NCCN(CCN)CCNCCCCNCC(=O)O. The highest BCUT2D eigenvalue weighted by atomic mass is 16.4. The monoisotopic (exact) mass is 275 g/mol. The normalized spacial score (nSPS) is 11.1. The molecule has 0 fully saturated rings. The van der Waals surface area contributed by atoms with Crippen LogP contribution in [0.5, 0.6) is 0 Å². The molecule has 19 heavy (non-hydrogen) atoms. The maximum absolute atomic E-state index is 10.2. The Kier molecular flexibility index (Phi) is 13.2. The number of aliphatic carboxylic acids is 1. The Morgan fingerprint density at radius 2 is 1.53 bits per heavy atom. The second kappa shape index (κ2) is 13.7. The largest absolute Gasteiger partial charge is 0.480 e. The predicted octanol–water partition coefficient (Wildman–Crippen LogP) is -1.75. The lowest BCUT2D eigenvalue weighted by Crippen LogP contribution is -2.38. The topological polar surface area (TPSA) is 117 Å². The van der Waals surface area contributed by atoms with E-state index in [1.165, 1.54) is 0 Å². The van der Waals surface area contributed by atoms with E-state index in [1.54, 1.807) is 0 Å². The number of nitrogens with zero attached hydrogens (tertiary/aromatic N) is 1. The van der Waals surface area contributed by atoms with Crippen LogP contribution < -0.4 is 22.1 Å². The average Bonchev–Trinajstić information content (AvgIpc) is 2.37. The lowest BCUT2D eigenvalue weighted by atomic mass is 10.3. The lowest BCUT2D eigenvalue weighted by Gasteiger charge is -2.20. The van der Waals surface area contributed by atoms with Crippen LogP contribution in [0.4, 0.5) is 0 Å². The molecule has 7 nitrogen and oxygen atoms in total. The average molecular weight is 275 g/mol. The Labute approximate surface area is 115 Å². The summed E-state index contributed by atoms with van der Waals surface area (Å²) < 4.78 is 0. The van der Waals surface area contributed by atoms with Gasteiger partial charge in [-0.25, -0.2) is 0 Å². The van der Waals surface area contributed by atoms with Crippen LogP contribution in [0.2, 0.25) is 0 Å². The molecule has 0 rings (SSSR count). The lowest BCUT2D eigenvalue weighted by molar-refractivity contribution is -0.135. The summed E-state index contributed by atoms with van der Waals surface area (Å²) in [4.78, 5) is 12.5. The van der Waals surface area contributed by atoms with Gasteiger partial charge in [-0.1, -0.05) is 0 Å². The molecule has 0 heterocycles. The first kappa shape index (κ1) is 18.3. The number of hydrogen-bond donors (Lipinski definition) is 5. The van der Waals surface area contributed by atoms with Crippen LogP contribution >= 0.6 is 0 Å². The van der Waals surface area contributed by atoms with Gasteiger partial charge in [0.15, 0.2) is 0 Å². The van der Waals surface area contributed by atoms with Crippen molar-refractivity contribution in [3.05, 3.63) is 0 Å². The van der Waals surface area contributed by atoms with Gasteiger partial charge in [0, 0.05) is 39.3 Å². The number of nitrogens with one attached hydrogen (secondary N) is 2. The smallest absolute Gasteiger partial charge is 0.317 e. The van der Waals surface area contributed by atoms with Gasteiger partial charge >= 0.3 is 5.97 Å². The van der Waals surface area contributed by atoms with Crippen LogP contribution in [0, 0.1) is 0 Å². The van der Waals surface area contributed by atoms with Crippen LogP contribution in [0.1, 0.15) is 12.8 Å². The molecule has 0 atom stereocenters. The van der Waals surface area contributed by atoms with Crippen molar-refractivity contribution in [3.8, 4) is 0 Å². The van der Waals surface area contributed by atoms with Gasteiger partial charge < -0.3 is 27.2 Å². The van der Waals surface area contributed by atoms with Crippen molar-refractivity contribution in [1.29, 1.82) is 0 Å². The second-order valence-corrected chi connectivity index (χ2v) is 4.45. The zero-order chi connectivity index (χ0) is 14.3. The number of carbonyl (C=O) groups is 1. The van der Waals surface area contributed by atoms with Gasteiger partial charge in [0.05, 0.1) is 6.54 Å². The van der Waals surface area contributed by atoms with Crippen LogP contribution in [0.3, 0.4) is 0 Å². The summed E-state index contributed by atoms with van der Waals surface area (Å²) in [5, 5.41) is 14.7. The molecule has 0 aromatic rings. The van der Waals surface area contributed by atoms with Crippen molar-refractivity contribution in [3.63, 3.8) is 0 Å². The minimum Gasteiger partial charge on any atom is -0.480 e. The number of hydrogen-bond acceptors (Lipinski definition) is 6. The van der Waals surface area contributed by atoms with Gasteiger partial charge in [-0.3, -0.25) is 9.69 Å². The number of unbranched alkanes of at least 4 members (excludes halogenated alkanes) is 1. The third kappa shape index (κ3) is 13.5. The number of nitrogens with two attached hydrogens (primary N) is 2. The number of carboxylic acids is 1. The fraction of sp³-hybridized carbons (Fsp3) is 0.917. The van der Waals surface area contributed by atoms with Crippen LogP contribution in [-0.4, -0.2) is 74.9 Å². The Morgan fingerprint density at radius 3 is 2.05 bits per heavy atom. The Balaban J connectivity index is 3.26. The summed E-state index contributed by atoms with van der Waals surface area (Å²) in [5.41, 5.74) is 11.1. The van der Waals surface area contributed by atoms with Gasteiger partial charge in [-0.15, -0.1) is 0 Å². The molecular formula is C12H29N5O2. The molecule has 7 N–H and O–H groups in total. The van der Waals surface area contributed by atoms with Crippen molar-refractivity contribution in [2.24, 2.45) is 11.5 Å². The third-order valence-electron chi connectivity index (χ3n) is 2.73. The van der Waals surface area contributed by atoms with Gasteiger partial charge in [-0.05, 0) is 25.9 Å². The highest BCUT2D eigenvalue weighted by molar-refractivity contribution is 5.68. The molecule has 0 spiro atoms. The molecule has 0 saturated heterocycles. The Hall–Kier alpha value is -0.730. The molecule has 0 aliphatic carbocycles. The summed E-state index contributed by atoms with van der Waals surface area (Å²) in [6.07, 6.45) is 2.02. The highest BCUT2D eigenvalue weighted by Crippen LogP contribution is 1.86. The molecule has 0 amide bonds. The van der Waals surface area contributed by atoms with E-state index in [0.717, 1.165) is 52.1 Å². The molecule has 0 aliphatic rings. The standard InChI is InChI=1S/C12H29N5O2/c13-3-8-17(9-4-14)10-7-15-5-1-2-6-16-11-12(18)19/h15-16H,1-11,13-14H2,(H,18,19). The molecule has 7 heteroatoms. The van der Waals surface area contributed by atoms with E-state index in [-0.39, 0.29) is 6.54 Å². The van der Waals surface area contributed by atoms with E-state index in [2.05, 4.69) is 15.5 Å². The first-order chi connectivity index (χ1) is 9.20. The van der Waals surface area contributed by atoms with Crippen LogP contribution in [0.25, 0.3) is 0 Å². The van der Waals surface area contributed by atoms with Gasteiger partial charge in [0.2, 0.25) is 0 Å². The number of carboxylic acid groups (broad SMARTS) is 1. The van der Waals surface area contributed by atoms with E-state index in [4.69, 9.17) is 16.6 Å². The van der Waals surface area contributed by atoms with Crippen molar-refractivity contribution >= 4 is 5.97 Å². The first-order valence-corrected chi connectivity index (χ1v) is 6.96. The van der Waals surface area contributed by atoms with Gasteiger partial charge in [0.1, 0.15) is 0 Å². The minimum atomic E-state index is -0.807. The van der Waals surface area contributed by atoms with Crippen LogP contribution in [0.15, 0.2) is 0 Å². The number of rotatable bonds is 14. The zero-order valence-corrected chi connectivity index (χ0v) is 11.7. The molecule has 0 unspecified atom stereocenters. The summed E-state index contributed by atoms with van der Waals surface area (Å²) >= 11 is 0. The zero-order valence-electron chi connectivity index (χ0n) is 11.7. The van der Waals surface area contributed by atoms with Gasteiger partial charge in [0.25, 0.3) is 0 Å². The molecular weight excluding hydrogens is 246 g/mol. The van der Waals surface area contributed by atoms with E-state index in [1.807, 2.05) is 0 Å². The maximum atomic E-state index is 10.2. The predicted molar refractivity (Wildman–Crippen MR) is 77.2 cm³/mol. The molecule has 0 aliphatic heterocycles. The molecule has 0 aromatic carbocycles. The van der Waals surface area contributed by atoms with E-state index in [9.17, 15) is 4.79 Å². The first-order valence-electron chi connectivity index (χ1n) is 6.96. The van der Waals surface area contributed by atoms with Crippen molar-refractivity contribution in [2.75, 3.05) is 58.9 Å². The Morgan fingerprint density at radius 1 is 0.947 bits per heavy atom. The molecule has 0 radical (unpaired) electrons. The van der Waals surface area contributed by atoms with E-state index >= 15 is 0 Å². The summed E-state index contributed by atoms with van der Waals surface area (Å²) in [7, 11) is 0. The Bertz CT molecular complexity index is 210. The van der Waals surface area contributed by atoms with Crippen molar-refractivity contribution in [2.45, 2.75) is 12.8 Å². The molecule has 114 valence electrons. The summed E-state index contributed by atoms with van der Waals surface area (Å²) in [6, 6.07) is 0. The van der Waals surface area contributed by atoms with Crippen molar-refractivity contribution in [1.82, 2.24) is 15.5 Å². The van der Waals surface area contributed by atoms with Crippen LogP contribution in [-0.2, 0) is 4.79 Å². The second-order valence-electron chi connectivity index (χ2n) is 4.45. The van der Waals surface area contributed by atoms with Gasteiger partial charge in [-0.2, -0.15) is 0 Å². The summed E-state index contributed by atoms with van der Waals surface area (Å²) in [5.74, 6) is -0.807. The third-order valence-corrected chi connectivity index (χ3v) is 2.73. The molecule has 0 saturated carbocycles. The summed E-state index contributed by atoms with van der Waals surface area (Å²) in [6.45, 7) is 6.74. The van der Waals surface area contributed by atoms with E-state index in [0.29, 0.717) is 13.1 Å². The minimum absolute atomic E-state index is 0.0422. The fourth-order valence-corrected chi connectivity index (χ4v) is 1.76. The van der Waals surface area contributed by atoms with Crippen molar-refractivity contribution < 1.29 is 9.90 Å². The van der Waals surface area contributed by atoms with E-state index < -0.39 is 5.97 Å². The fourth-order valence-electron chi connectivity index (χ4n) is 1.76. The maximum Gasteiger partial charge on any atom is 0.317 e. The quantitative estimate of drug-likeness (QED) is 0.239. The molecule has 0 aromatic heterocycles. The highest BCUT2D eigenvalue weighted by Gasteiger charge is 2.01.